The number of aromatic nitrogens is 2. The van der Waals surface area contributed by atoms with Gasteiger partial charge in [-0.25, -0.2) is 0 Å². The number of carbonyl (C=O) groups is 1. The fourth-order valence-corrected chi connectivity index (χ4v) is 2.76. The van der Waals surface area contributed by atoms with Crippen molar-refractivity contribution in [2.45, 2.75) is 17.8 Å². The molecule has 0 aromatic carbocycles. The van der Waals surface area contributed by atoms with Crippen LogP contribution in [-0.4, -0.2) is 32.7 Å². The van der Waals surface area contributed by atoms with E-state index < -0.39 is 12.0 Å². The minimum absolute atomic E-state index is 0.0496. The third-order valence-electron chi connectivity index (χ3n) is 2.37. The number of hydrogen-bond acceptors (Lipinski definition) is 4. The zero-order valence-electron chi connectivity index (χ0n) is 8.38. The van der Waals surface area contributed by atoms with Crippen molar-refractivity contribution in [1.29, 1.82) is 0 Å². The molecule has 0 bridgehead atoms. The molecule has 1 fully saturated rings. The molecule has 1 aromatic heterocycles. The molecule has 0 spiro atoms. The summed E-state index contributed by atoms with van der Waals surface area (Å²) in [5.74, 6) is 0.0907. The molecular weight excluding hydrogens is 214 g/mol. The normalized spacial score (nSPS) is 26.5. The molecule has 1 aromatic rings. The molecule has 1 aliphatic heterocycles. The third-order valence-corrected chi connectivity index (χ3v) is 3.58. The molecule has 5 nitrogen and oxygen atoms in total. The highest BCUT2D eigenvalue weighted by molar-refractivity contribution is 7.99. The summed E-state index contributed by atoms with van der Waals surface area (Å²) in [6.45, 7) is 0. The number of rotatable bonds is 2. The lowest BCUT2D eigenvalue weighted by Gasteiger charge is -2.27. The number of aryl methyl sites for hydroxylation is 1. The van der Waals surface area contributed by atoms with Crippen molar-refractivity contribution in [3.63, 3.8) is 0 Å². The SMILES string of the molecule is Cn1cc(C2NC(C(=O)O)CCS2)cn1. The van der Waals surface area contributed by atoms with E-state index in [1.165, 1.54) is 0 Å². The molecule has 0 saturated carbocycles. The molecule has 2 heterocycles. The first kappa shape index (κ1) is 10.5. The molecule has 1 aliphatic rings. The monoisotopic (exact) mass is 227 g/mol. The van der Waals surface area contributed by atoms with Gasteiger partial charge in [-0.1, -0.05) is 0 Å². The van der Waals surface area contributed by atoms with E-state index in [4.69, 9.17) is 5.11 Å². The van der Waals surface area contributed by atoms with Crippen LogP contribution in [0.3, 0.4) is 0 Å². The predicted molar refractivity (Wildman–Crippen MR) is 57.6 cm³/mol. The van der Waals surface area contributed by atoms with Crippen molar-refractivity contribution < 1.29 is 9.90 Å². The van der Waals surface area contributed by atoms with Crippen LogP contribution in [0.4, 0.5) is 0 Å². The highest BCUT2D eigenvalue weighted by Crippen LogP contribution is 2.31. The molecule has 15 heavy (non-hydrogen) atoms. The Balaban J connectivity index is 2.07. The first-order valence-electron chi connectivity index (χ1n) is 4.76. The average Bonchev–Trinajstić information content (AvgIpc) is 2.65. The Bertz CT molecular complexity index is 366. The Morgan fingerprint density at radius 1 is 1.80 bits per heavy atom. The topological polar surface area (TPSA) is 67.2 Å². The van der Waals surface area contributed by atoms with E-state index in [0.29, 0.717) is 6.42 Å². The van der Waals surface area contributed by atoms with E-state index in [1.54, 1.807) is 22.6 Å². The Morgan fingerprint density at radius 2 is 2.60 bits per heavy atom. The molecular formula is C9H13N3O2S. The van der Waals surface area contributed by atoms with E-state index in [2.05, 4.69) is 10.4 Å². The molecule has 0 radical (unpaired) electrons. The van der Waals surface area contributed by atoms with Crippen molar-refractivity contribution >= 4 is 17.7 Å². The predicted octanol–water partition coefficient (Wildman–Crippen LogP) is 0.598. The molecule has 0 aliphatic carbocycles. The van der Waals surface area contributed by atoms with Gasteiger partial charge in [-0.3, -0.25) is 14.8 Å². The molecule has 6 heteroatoms. The number of thioether (sulfide) groups is 1. The van der Waals surface area contributed by atoms with Gasteiger partial charge in [0.25, 0.3) is 0 Å². The van der Waals surface area contributed by atoms with Crippen molar-refractivity contribution in [3.8, 4) is 0 Å². The second-order valence-electron chi connectivity index (χ2n) is 3.54. The van der Waals surface area contributed by atoms with Crippen LogP contribution in [0.15, 0.2) is 12.4 Å². The van der Waals surface area contributed by atoms with Gasteiger partial charge in [0.1, 0.15) is 6.04 Å². The maximum Gasteiger partial charge on any atom is 0.320 e. The van der Waals surface area contributed by atoms with Crippen LogP contribution in [-0.2, 0) is 11.8 Å². The van der Waals surface area contributed by atoms with Crippen LogP contribution in [0.2, 0.25) is 0 Å². The summed E-state index contributed by atoms with van der Waals surface area (Å²) in [6, 6.07) is -0.434. The van der Waals surface area contributed by atoms with Gasteiger partial charge in [0.2, 0.25) is 0 Å². The van der Waals surface area contributed by atoms with E-state index in [9.17, 15) is 4.79 Å². The number of nitrogens with zero attached hydrogens (tertiary/aromatic N) is 2. The Kier molecular flexibility index (Phi) is 2.97. The number of aliphatic carboxylic acids is 1. The van der Waals surface area contributed by atoms with Crippen LogP contribution < -0.4 is 5.32 Å². The molecule has 2 atom stereocenters. The molecule has 0 amide bonds. The summed E-state index contributed by atoms with van der Waals surface area (Å²) in [6.07, 6.45) is 4.36. The van der Waals surface area contributed by atoms with Gasteiger partial charge in [-0.2, -0.15) is 5.10 Å². The second kappa shape index (κ2) is 4.24. The van der Waals surface area contributed by atoms with Gasteiger partial charge in [-0.15, -0.1) is 11.8 Å². The lowest BCUT2D eigenvalue weighted by Crippen LogP contribution is -2.41. The lowest BCUT2D eigenvalue weighted by atomic mass is 10.2. The standard InChI is InChI=1S/C9H13N3O2S/c1-12-5-6(4-10-12)8-11-7(9(13)14)2-3-15-8/h4-5,7-8,11H,2-3H2,1H3,(H,13,14). The maximum atomic E-state index is 10.8. The molecule has 1 saturated heterocycles. The fraction of sp³-hybridized carbons (Fsp3) is 0.556. The number of carboxylic acid groups (broad SMARTS) is 1. The highest BCUT2D eigenvalue weighted by Gasteiger charge is 2.27. The van der Waals surface area contributed by atoms with Gasteiger partial charge in [0, 0.05) is 18.8 Å². The number of hydrogen-bond donors (Lipinski definition) is 2. The molecule has 2 rings (SSSR count). The quantitative estimate of drug-likeness (QED) is 0.774. The van der Waals surface area contributed by atoms with E-state index in [-0.39, 0.29) is 5.37 Å². The minimum Gasteiger partial charge on any atom is -0.480 e. The molecule has 2 unspecified atom stereocenters. The average molecular weight is 227 g/mol. The highest BCUT2D eigenvalue weighted by atomic mass is 32.2. The fourth-order valence-electron chi connectivity index (χ4n) is 1.58. The Morgan fingerprint density at radius 3 is 3.20 bits per heavy atom. The van der Waals surface area contributed by atoms with E-state index in [1.807, 2.05) is 13.2 Å². The van der Waals surface area contributed by atoms with Crippen LogP contribution in [0.5, 0.6) is 0 Å². The zero-order chi connectivity index (χ0) is 10.8. The van der Waals surface area contributed by atoms with Gasteiger partial charge in [0.15, 0.2) is 0 Å². The van der Waals surface area contributed by atoms with Crippen molar-refractivity contribution in [2.24, 2.45) is 7.05 Å². The van der Waals surface area contributed by atoms with Gasteiger partial charge in [-0.05, 0) is 12.2 Å². The van der Waals surface area contributed by atoms with E-state index in [0.717, 1.165) is 11.3 Å². The van der Waals surface area contributed by atoms with E-state index >= 15 is 0 Å². The van der Waals surface area contributed by atoms with Crippen LogP contribution >= 0.6 is 11.8 Å². The van der Waals surface area contributed by atoms with Crippen LogP contribution in [0.25, 0.3) is 0 Å². The van der Waals surface area contributed by atoms with Crippen molar-refractivity contribution in [2.75, 3.05) is 5.75 Å². The molecule has 2 N–H and O–H groups in total. The van der Waals surface area contributed by atoms with Crippen molar-refractivity contribution in [3.05, 3.63) is 18.0 Å². The largest absolute Gasteiger partial charge is 0.480 e. The molecule has 82 valence electrons. The van der Waals surface area contributed by atoms with Gasteiger partial charge >= 0.3 is 5.97 Å². The smallest absolute Gasteiger partial charge is 0.320 e. The summed E-state index contributed by atoms with van der Waals surface area (Å²) >= 11 is 1.72. The first-order chi connectivity index (χ1) is 7.16. The lowest BCUT2D eigenvalue weighted by molar-refractivity contribution is -0.139. The zero-order valence-corrected chi connectivity index (χ0v) is 9.20. The second-order valence-corrected chi connectivity index (χ2v) is 4.76. The number of nitrogens with one attached hydrogen (secondary N) is 1. The summed E-state index contributed by atoms with van der Waals surface area (Å²) in [5, 5.41) is 16.1. The third kappa shape index (κ3) is 2.32. The summed E-state index contributed by atoms with van der Waals surface area (Å²) in [4.78, 5) is 10.8. The van der Waals surface area contributed by atoms with Gasteiger partial charge < -0.3 is 5.11 Å². The number of carboxylic acids is 1. The van der Waals surface area contributed by atoms with Gasteiger partial charge in [0.05, 0.1) is 11.6 Å². The summed E-state index contributed by atoms with van der Waals surface area (Å²) in [5.41, 5.74) is 1.04. The van der Waals surface area contributed by atoms with Crippen LogP contribution in [0.1, 0.15) is 17.4 Å². The summed E-state index contributed by atoms with van der Waals surface area (Å²) < 4.78 is 1.72. The summed E-state index contributed by atoms with van der Waals surface area (Å²) in [7, 11) is 1.85. The van der Waals surface area contributed by atoms with Crippen molar-refractivity contribution in [1.82, 2.24) is 15.1 Å². The maximum absolute atomic E-state index is 10.8. The van der Waals surface area contributed by atoms with Crippen LogP contribution in [0, 0.1) is 0 Å². The minimum atomic E-state index is -0.774. The first-order valence-corrected chi connectivity index (χ1v) is 5.80. The Labute approximate surface area is 91.9 Å². The Hall–Kier alpha value is -1.01.